The van der Waals surface area contributed by atoms with Crippen LogP contribution in [0.25, 0.3) is 0 Å². The van der Waals surface area contributed by atoms with Gasteiger partial charge < -0.3 is 9.47 Å². The Morgan fingerprint density at radius 2 is 2.12 bits per heavy atom. The molecule has 1 spiro atoms. The summed E-state index contributed by atoms with van der Waals surface area (Å²) in [7, 11) is -3.17. The van der Waals surface area contributed by atoms with E-state index < -0.39 is 10.0 Å². The van der Waals surface area contributed by atoms with Crippen LogP contribution in [0.1, 0.15) is 45.2 Å². The van der Waals surface area contributed by atoms with Gasteiger partial charge in [0.1, 0.15) is 0 Å². The summed E-state index contributed by atoms with van der Waals surface area (Å²) in [6.45, 7) is 6.59. The van der Waals surface area contributed by atoms with E-state index in [0.29, 0.717) is 32.2 Å². The molecule has 0 bridgehead atoms. The number of piperidine rings is 1. The molecule has 3 rings (SSSR count). The van der Waals surface area contributed by atoms with Crippen molar-refractivity contribution in [3.8, 4) is 0 Å². The molecule has 0 amide bonds. The van der Waals surface area contributed by atoms with E-state index in [2.05, 4.69) is 4.98 Å². The van der Waals surface area contributed by atoms with Gasteiger partial charge in [-0.25, -0.2) is 12.7 Å². The van der Waals surface area contributed by atoms with Gasteiger partial charge in [0.25, 0.3) is 0 Å². The molecule has 0 radical (unpaired) electrons. The highest BCUT2D eigenvalue weighted by Crippen LogP contribution is 2.43. The van der Waals surface area contributed by atoms with Gasteiger partial charge in [0, 0.05) is 32.5 Å². The summed E-state index contributed by atoms with van der Waals surface area (Å²) >= 11 is 0. The molecule has 1 aromatic heterocycles. The molecule has 6 nitrogen and oxygen atoms in total. The summed E-state index contributed by atoms with van der Waals surface area (Å²) in [5.41, 5.74) is 0.772. The van der Waals surface area contributed by atoms with Crippen molar-refractivity contribution in [2.45, 2.75) is 57.0 Å². The van der Waals surface area contributed by atoms with Crippen LogP contribution in [0.4, 0.5) is 0 Å². The van der Waals surface area contributed by atoms with Crippen LogP contribution in [-0.4, -0.2) is 54.9 Å². The van der Waals surface area contributed by atoms with E-state index in [9.17, 15) is 8.42 Å². The molecule has 26 heavy (non-hydrogen) atoms. The zero-order valence-corrected chi connectivity index (χ0v) is 16.6. The lowest BCUT2D eigenvalue weighted by Crippen LogP contribution is -2.50. The Bertz CT molecular complexity index is 670. The molecule has 146 valence electrons. The monoisotopic (exact) mass is 382 g/mol. The second-order valence-corrected chi connectivity index (χ2v) is 10.0. The minimum absolute atomic E-state index is 0.169. The van der Waals surface area contributed by atoms with Crippen molar-refractivity contribution in [2.75, 3.05) is 26.3 Å². The lowest BCUT2D eigenvalue weighted by Gasteiger charge is -2.42. The van der Waals surface area contributed by atoms with Crippen molar-refractivity contribution < 1.29 is 17.9 Å². The first-order valence-electron chi connectivity index (χ1n) is 9.55. The Hall–Kier alpha value is -1.02. The van der Waals surface area contributed by atoms with Crippen LogP contribution in [-0.2, 0) is 26.1 Å². The van der Waals surface area contributed by atoms with Gasteiger partial charge in [0.2, 0.25) is 10.0 Å². The largest absolute Gasteiger partial charge is 0.375 e. The molecule has 2 saturated heterocycles. The third-order valence-corrected chi connectivity index (χ3v) is 7.99. The normalized spacial score (nSPS) is 23.7. The van der Waals surface area contributed by atoms with Gasteiger partial charge >= 0.3 is 0 Å². The van der Waals surface area contributed by atoms with Gasteiger partial charge in [-0.2, -0.15) is 0 Å². The quantitative estimate of drug-likeness (QED) is 0.678. The van der Waals surface area contributed by atoms with Crippen molar-refractivity contribution in [1.82, 2.24) is 9.29 Å². The number of ether oxygens (including phenoxy) is 2. The fourth-order valence-electron chi connectivity index (χ4n) is 4.05. The number of hydrogen-bond acceptors (Lipinski definition) is 5. The van der Waals surface area contributed by atoms with Crippen LogP contribution >= 0.6 is 0 Å². The molecular weight excluding hydrogens is 352 g/mol. The van der Waals surface area contributed by atoms with E-state index in [1.165, 1.54) is 0 Å². The summed E-state index contributed by atoms with van der Waals surface area (Å²) in [6.07, 6.45) is 5.32. The maximum atomic E-state index is 12.4. The van der Waals surface area contributed by atoms with Crippen molar-refractivity contribution in [3.05, 3.63) is 30.1 Å². The molecule has 0 aromatic carbocycles. The topological polar surface area (TPSA) is 68.7 Å². The SMILES string of the molecule is CC(C)S(=O)(=O)N1CCC2(CC1)OCCC2CCOCc1ccccn1. The first-order valence-corrected chi connectivity index (χ1v) is 11.0. The Morgan fingerprint density at radius 3 is 2.77 bits per heavy atom. The highest BCUT2D eigenvalue weighted by atomic mass is 32.2. The molecule has 1 atom stereocenters. The predicted molar refractivity (Wildman–Crippen MR) is 100 cm³/mol. The second-order valence-electron chi connectivity index (χ2n) is 7.55. The van der Waals surface area contributed by atoms with E-state index in [1.807, 2.05) is 18.2 Å². The van der Waals surface area contributed by atoms with Crippen LogP contribution in [0.3, 0.4) is 0 Å². The van der Waals surface area contributed by atoms with Crippen LogP contribution in [0.2, 0.25) is 0 Å². The van der Waals surface area contributed by atoms with Gasteiger partial charge in [-0.3, -0.25) is 4.98 Å². The van der Waals surface area contributed by atoms with Crippen molar-refractivity contribution >= 4 is 10.0 Å². The molecule has 0 aliphatic carbocycles. The molecule has 1 aromatic rings. The van der Waals surface area contributed by atoms with Gasteiger partial charge in [-0.05, 0) is 57.6 Å². The molecule has 2 aliphatic rings. The first-order chi connectivity index (χ1) is 12.4. The molecule has 7 heteroatoms. The summed E-state index contributed by atoms with van der Waals surface area (Å²) in [5, 5.41) is -0.364. The summed E-state index contributed by atoms with van der Waals surface area (Å²) in [5.74, 6) is 0.440. The van der Waals surface area contributed by atoms with Crippen molar-refractivity contribution in [3.63, 3.8) is 0 Å². The number of sulfonamides is 1. The molecule has 1 unspecified atom stereocenters. The zero-order valence-electron chi connectivity index (χ0n) is 15.8. The molecular formula is C19H30N2O4S. The smallest absolute Gasteiger partial charge is 0.216 e. The number of aromatic nitrogens is 1. The van der Waals surface area contributed by atoms with Gasteiger partial charge in [-0.15, -0.1) is 0 Å². The van der Waals surface area contributed by atoms with E-state index in [0.717, 1.165) is 38.0 Å². The molecule has 0 saturated carbocycles. The third kappa shape index (κ3) is 4.27. The zero-order chi connectivity index (χ0) is 18.6. The van der Waals surface area contributed by atoms with E-state index in [4.69, 9.17) is 9.47 Å². The lowest BCUT2D eigenvalue weighted by molar-refractivity contribution is -0.0619. The Balaban J connectivity index is 1.49. The summed E-state index contributed by atoms with van der Waals surface area (Å²) in [4.78, 5) is 4.26. The van der Waals surface area contributed by atoms with Gasteiger partial charge in [0.15, 0.2) is 0 Å². The minimum Gasteiger partial charge on any atom is -0.375 e. The molecule has 2 aliphatic heterocycles. The Labute approximate surface area is 156 Å². The average Bonchev–Trinajstić information content (AvgIpc) is 3.02. The molecule has 2 fully saturated rings. The highest BCUT2D eigenvalue weighted by molar-refractivity contribution is 7.89. The van der Waals surface area contributed by atoms with Crippen LogP contribution in [0.15, 0.2) is 24.4 Å². The van der Waals surface area contributed by atoms with Crippen molar-refractivity contribution in [2.24, 2.45) is 5.92 Å². The Morgan fingerprint density at radius 1 is 1.35 bits per heavy atom. The highest BCUT2D eigenvalue weighted by Gasteiger charge is 2.47. The summed E-state index contributed by atoms with van der Waals surface area (Å²) in [6, 6.07) is 5.82. The van der Waals surface area contributed by atoms with E-state index >= 15 is 0 Å². The average molecular weight is 383 g/mol. The van der Waals surface area contributed by atoms with Crippen molar-refractivity contribution in [1.29, 1.82) is 0 Å². The number of nitrogens with zero attached hydrogens (tertiary/aromatic N) is 2. The molecule has 0 N–H and O–H groups in total. The number of rotatable bonds is 7. The first kappa shape index (κ1) is 19.7. The summed E-state index contributed by atoms with van der Waals surface area (Å²) < 4.78 is 38.3. The minimum atomic E-state index is -3.17. The van der Waals surface area contributed by atoms with E-state index in [1.54, 1.807) is 24.3 Å². The third-order valence-electron chi connectivity index (χ3n) is 5.71. The maximum absolute atomic E-state index is 12.4. The van der Waals surface area contributed by atoms with Gasteiger partial charge in [0.05, 0.1) is 23.2 Å². The number of hydrogen-bond donors (Lipinski definition) is 0. The second kappa shape index (κ2) is 8.33. The standard InChI is InChI=1S/C19H30N2O4S/c1-16(2)26(22,23)21-11-8-19(9-12-21)17(7-14-25-19)6-13-24-15-18-5-3-4-10-20-18/h3-5,10,16-17H,6-9,11-15H2,1-2H3. The lowest BCUT2D eigenvalue weighted by atomic mass is 9.78. The fraction of sp³-hybridized carbons (Fsp3) is 0.737. The maximum Gasteiger partial charge on any atom is 0.216 e. The van der Waals surface area contributed by atoms with E-state index in [-0.39, 0.29) is 10.9 Å². The Kier molecular flexibility index (Phi) is 6.33. The molecule has 3 heterocycles. The predicted octanol–water partition coefficient (Wildman–Crippen LogP) is 2.60. The van der Waals surface area contributed by atoms with Crippen LogP contribution in [0.5, 0.6) is 0 Å². The number of pyridine rings is 1. The van der Waals surface area contributed by atoms with Crippen LogP contribution < -0.4 is 0 Å². The van der Waals surface area contributed by atoms with Crippen LogP contribution in [0, 0.1) is 5.92 Å². The fourth-order valence-corrected chi connectivity index (χ4v) is 5.34. The van der Waals surface area contributed by atoms with Gasteiger partial charge in [-0.1, -0.05) is 6.07 Å².